The van der Waals surface area contributed by atoms with Gasteiger partial charge in [0.05, 0.1) is 32.3 Å². The predicted octanol–water partition coefficient (Wildman–Crippen LogP) is 1.68. The number of hydrogen-bond acceptors (Lipinski definition) is 9. The minimum atomic E-state index is -2.48. The Balaban J connectivity index is 1.92. The van der Waals surface area contributed by atoms with Crippen LogP contribution in [0.15, 0.2) is 0 Å². The van der Waals surface area contributed by atoms with Crippen LogP contribution in [-0.2, 0) is 38.0 Å². The zero-order valence-electron chi connectivity index (χ0n) is 18.5. The topological polar surface area (TPSA) is 110 Å². The fourth-order valence-corrected chi connectivity index (χ4v) is 6.57. The highest BCUT2D eigenvalue weighted by molar-refractivity contribution is 6.74. The number of hydrogen-bond donors (Lipinski definition) is 1. The molecule has 4 fully saturated rings. The van der Waals surface area contributed by atoms with Crippen molar-refractivity contribution in [1.29, 1.82) is 0 Å². The third kappa shape index (κ3) is 2.81. The third-order valence-corrected chi connectivity index (χ3v) is 12.1. The second-order valence-electron chi connectivity index (χ2n) is 10.3. The average molecular weight is 445 g/mol. The lowest BCUT2D eigenvalue weighted by Crippen LogP contribution is -2.75. The molecule has 0 amide bonds. The van der Waals surface area contributed by atoms with Crippen molar-refractivity contribution in [2.24, 2.45) is 11.3 Å². The van der Waals surface area contributed by atoms with Crippen LogP contribution in [0.25, 0.3) is 0 Å². The van der Waals surface area contributed by atoms with E-state index in [9.17, 15) is 14.7 Å². The summed E-state index contributed by atoms with van der Waals surface area (Å²) < 4.78 is 23.8. The van der Waals surface area contributed by atoms with E-state index in [0.29, 0.717) is 0 Å². The summed E-state index contributed by atoms with van der Waals surface area (Å²) in [5.74, 6) is -5.62. The fraction of sp³-hybridized carbons (Fsp3) is 0.900. The number of carbonyl (C=O) groups excluding carboxylic acids is 2. The number of Topliss-reactive ketones (excluding diaryl/α,β-unsaturated/α-hetero) is 1. The smallest absolute Gasteiger partial charge is 0.322 e. The van der Waals surface area contributed by atoms with Gasteiger partial charge in [-0.15, -0.1) is 0 Å². The number of carbonyl (C=O) groups is 2. The molecular formula is C20H32O9Si. The minimum absolute atomic E-state index is 0.0335. The number of aliphatic hydroxyl groups is 1. The molecule has 0 aromatic carbocycles. The summed E-state index contributed by atoms with van der Waals surface area (Å²) >= 11 is 0. The Labute approximate surface area is 177 Å². The lowest BCUT2D eigenvalue weighted by Gasteiger charge is -2.58. The summed E-state index contributed by atoms with van der Waals surface area (Å²) in [4.78, 5) is 37.9. The Morgan fingerprint density at radius 2 is 1.87 bits per heavy atom. The Morgan fingerprint density at radius 3 is 2.43 bits per heavy atom. The molecule has 5 atom stereocenters. The minimum Gasteiger partial charge on any atom is -0.468 e. The number of esters is 1. The molecule has 4 aliphatic rings. The van der Waals surface area contributed by atoms with Gasteiger partial charge in [-0.05, 0) is 18.1 Å². The normalized spacial score (nSPS) is 40.5. The van der Waals surface area contributed by atoms with E-state index in [-0.39, 0.29) is 43.3 Å². The Kier molecular flexibility index (Phi) is 5.06. The van der Waals surface area contributed by atoms with Gasteiger partial charge in [0.2, 0.25) is 5.79 Å². The lowest BCUT2D eigenvalue weighted by molar-refractivity contribution is -0.412. The summed E-state index contributed by atoms with van der Waals surface area (Å²) in [6, 6.07) is 0. The molecule has 2 aliphatic heterocycles. The molecule has 170 valence electrons. The van der Waals surface area contributed by atoms with E-state index in [4.69, 9.17) is 28.4 Å². The second kappa shape index (κ2) is 6.81. The standard InChI is InChI=1S/C20H32O9Si/c1-17(2,3)30(5,6)28-14-12-11-18(23,29-27-12)15-19(25-9-10-26-19)8-7-13(21)20(14,15)16(22)24-4/h12,14-15,23H,7-11H2,1-6H3/t12-,14-,15+,18+,20-/m1/s1. The summed E-state index contributed by atoms with van der Waals surface area (Å²) in [5, 5.41) is 11.2. The van der Waals surface area contributed by atoms with Gasteiger partial charge in [0, 0.05) is 19.3 Å². The molecule has 0 aromatic heterocycles. The third-order valence-electron chi connectivity index (χ3n) is 7.63. The first-order chi connectivity index (χ1) is 13.8. The van der Waals surface area contributed by atoms with E-state index < -0.39 is 49.4 Å². The van der Waals surface area contributed by atoms with E-state index in [2.05, 4.69) is 20.8 Å². The maximum atomic E-state index is 13.6. The molecule has 1 N–H and O–H groups in total. The van der Waals surface area contributed by atoms with E-state index in [1.54, 1.807) is 0 Å². The molecule has 9 nitrogen and oxygen atoms in total. The van der Waals surface area contributed by atoms with Crippen molar-refractivity contribution in [3.05, 3.63) is 0 Å². The first-order valence-electron chi connectivity index (χ1n) is 10.5. The van der Waals surface area contributed by atoms with Gasteiger partial charge >= 0.3 is 5.97 Å². The van der Waals surface area contributed by atoms with Crippen molar-refractivity contribution in [2.75, 3.05) is 20.3 Å². The van der Waals surface area contributed by atoms with Crippen molar-refractivity contribution in [3.63, 3.8) is 0 Å². The van der Waals surface area contributed by atoms with Gasteiger partial charge in [-0.25, -0.2) is 9.78 Å². The zero-order chi connectivity index (χ0) is 22.2. The predicted molar refractivity (Wildman–Crippen MR) is 104 cm³/mol. The van der Waals surface area contributed by atoms with Crippen LogP contribution < -0.4 is 0 Å². The van der Waals surface area contributed by atoms with Crippen LogP contribution in [0, 0.1) is 11.3 Å². The zero-order valence-corrected chi connectivity index (χ0v) is 19.5. The molecule has 2 aliphatic carbocycles. The van der Waals surface area contributed by atoms with Gasteiger partial charge in [0.15, 0.2) is 25.3 Å². The van der Waals surface area contributed by atoms with Crippen LogP contribution in [-0.4, -0.2) is 69.3 Å². The van der Waals surface area contributed by atoms with Crippen LogP contribution in [0.4, 0.5) is 0 Å². The molecule has 4 rings (SSSR count). The SMILES string of the molecule is COC(=O)[C@@]12C(=O)CCC3(OCCO3)[C@@H]1[C@]1(O)C[C@@H](OO1)[C@H]2O[Si](C)(C)C(C)(C)C. The van der Waals surface area contributed by atoms with Crippen LogP contribution in [0.2, 0.25) is 18.1 Å². The molecule has 2 saturated heterocycles. The Hall–Kier alpha value is -0.883. The molecule has 0 radical (unpaired) electrons. The molecule has 0 unspecified atom stereocenters. The monoisotopic (exact) mass is 444 g/mol. The molecule has 30 heavy (non-hydrogen) atoms. The quantitative estimate of drug-likeness (QED) is 0.301. The molecule has 0 aromatic rings. The van der Waals surface area contributed by atoms with Crippen molar-refractivity contribution in [1.82, 2.24) is 0 Å². The highest BCUT2D eigenvalue weighted by Gasteiger charge is 2.81. The van der Waals surface area contributed by atoms with E-state index in [1.807, 2.05) is 13.1 Å². The first-order valence-corrected chi connectivity index (χ1v) is 13.4. The number of fused-ring (bicyclic) bond motifs is 5. The molecule has 1 spiro atoms. The van der Waals surface area contributed by atoms with Gasteiger partial charge < -0.3 is 23.7 Å². The van der Waals surface area contributed by atoms with Gasteiger partial charge in [-0.1, -0.05) is 20.8 Å². The van der Waals surface area contributed by atoms with Crippen molar-refractivity contribution < 1.29 is 43.1 Å². The van der Waals surface area contributed by atoms with Crippen LogP contribution in [0.1, 0.15) is 40.0 Å². The van der Waals surface area contributed by atoms with Gasteiger partial charge in [0.1, 0.15) is 6.10 Å². The maximum Gasteiger partial charge on any atom is 0.322 e. The van der Waals surface area contributed by atoms with Crippen molar-refractivity contribution >= 4 is 20.1 Å². The van der Waals surface area contributed by atoms with E-state index >= 15 is 0 Å². The van der Waals surface area contributed by atoms with E-state index in [0.717, 1.165) is 0 Å². The lowest BCUT2D eigenvalue weighted by atomic mass is 9.52. The van der Waals surface area contributed by atoms with Gasteiger partial charge in [-0.2, -0.15) is 0 Å². The number of ketones is 1. The number of methoxy groups -OCH3 is 1. The second-order valence-corrected chi connectivity index (χ2v) is 15.0. The largest absolute Gasteiger partial charge is 0.468 e. The van der Waals surface area contributed by atoms with Crippen molar-refractivity contribution in [3.8, 4) is 0 Å². The van der Waals surface area contributed by atoms with Crippen LogP contribution in [0.3, 0.4) is 0 Å². The number of rotatable bonds is 3. The summed E-state index contributed by atoms with van der Waals surface area (Å²) in [7, 11) is -1.25. The molecular weight excluding hydrogens is 412 g/mol. The summed E-state index contributed by atoms with van der Waals surface area (Å²) in [5.41, 5.74) is -1.86. The summed E-state index contributed by atoms with van der Waals surface area (Å²) in [6.07, 6.45) is -1.52. The number of ether oxygens (including phenoxy) is 3. The maximum absolute atomic E-state index is 13.6. The average Bonchev–Trinajstić information content (AvgIpc) is 3.26. The molecule has 2 heterocycles. The Bertz CT molecular complexity index is 731. The first kappa shape index (κ1) is 22.3. The molecule has 2 bridgehead atoms. The molecule has 10 heteroatoms. The fourth-order valence-electron chi connectivity index (χ4n) is 5.25. The van der Waals surface area contributed by atoms with Crippen LogP contribution >= 0.6 is 0 Å². The summed E-state index contributed by atoms with van der Waals surface area (Å²) in [6.45, 7) is 10.9. The Morgan fingerprint density at radius 1 is 1.23 bits per heavy atom. The van der Waals surface area contributed by atoms with Gasteiger partial charge in [0.25, 0.3) is 0 Å². The highest BCUT2D eigenvalue weighted by Crippen LogP contribution is 2.63. The van der Waals surface area contributed by atoms with Crippen LogP contribution in [0.5, 0.6) is 0 Å². The van der Waals surface area contributed by atoms with E-state index in [1.165, 1.54) is 7.11 Å². The molecule has 2 saturated carbocycles. The highest BCUT2D eigenvalue weighted by atomic mass is 28.4. The van der Waals surface area contributed by atoms with Gasteiger partial charge in [-0.3, -0.25) is 9.59 Å². The van der Waals surface area contributed by atoms with Crippen molar-refractivity contribution in [2.45, 2.75) is 81.9 Å².